The van der Waals surface area contributed by atoms with Gasteiger partial charge in [-0.3, -0.25) is 9.67 Å². The van der Waals surface area contributed by atoms with Crippen molar-refractivity contribution in [1.29, 1.82) is 0 Å². The fraction of sp³-hybridized carbons (Fsp3) is 0.455. The second kappa shape index (κ2) is 9.40. The summed E-state index contributed by atoms with van der Waals surface area (Å²) in [4.78, 5) is 6.24. The zero-order valence-electron chi connectivity index (χ0n) is 19.3. The summed E-state index contributed by atoms with van der Waals surface area (Å²) in [7, 11) is -7.07. The molecule has 2 atom stereocenters. The molecular weight excluding hydrogens is 555 g/mol. The molecule has 9 nitrogen and oxygen atoms in total. The average molecular weight is 578 g/mol. The zero-order valence-corrected chi connectivity index (χ0v) is 21.7. The van der Waals surface area contributed by atoms with Crippen LogP contribution >= 0.6 is 11.6 Å². The van der Waals surface area contributed by atoms with E-state index >= 15 is 0 Å². The molecule has 2 unspecified atom stereocenters. The average Bonchev–Trinajstić information content (AvgIpc) is 3.34. The standard InChI is InChI=1S/C22H23ClF3N5O4S2/c23-18-11-31(29-21(18)22(24,25)26)8-6-28-37(34,35)20-2-1-19(17-9-27-5-3-16(17)20)30-7-4-14-12-36(32,33)13-15(14)10-30/h1-3,5,9,11,14-15,28H,4,6-8,10,12-13H2. The lowest BCUT2D eigenvalue weighted by atomic mass is 9.88. The van der Waals surface area contributed by atoms with Gasteiger partial charge in [-0.1, -0.05) is 11.6 Å². The number of hydrogen-bond donors (Lipinski definition) is 1. The molecule has 0 spiro atoms. The molecule has 200 valence electrons. The third-order valence-corrected chi connectivity index (χ3v) is 10.5. The van der Waals surface area contributed by atoms with Crippen LogP contribution in [0.5, 0.6) is 0 Å². The number of anilines is 1. The van der Waals surface area contributed by atoms with Crippen LogP contribution in [0.1, 0.15) is 12.1 Å². The maximum absolute atomic E-state index is 13.1. The van der Waals surface area contributed by atoms with E-state index in [2.05, 4.69) is 19.7 Å². The van der Waals surface area contributed by atoms with Crippen molar-refractivity contribution in [2.75, 3.05) is 36.0 Å². The number of fused-ring (bicyclic) bond motifs is 2. The molecule has 1 N–H and O–H groups in total. The third kappa shape index (κ3) is 5.29. The predicted octanol–water partition coefficient (Wildman–Crippen LogP) is 2.95. The number of pyridine rings is 1. The number of alkyl halides is 3. The second-order valence-electron chi connectivity index (χ2n) is 9.32. The van der Waals surface area contributed by atoms with Crippen molar-refractivity contribution in [1.82, 2.24) is 19.5 Å². The number of benzene rings is 1. The van der Waals surface area contributed by atoms with Crippen LogP contribution in [-0.2, 0) is 32.6 Å². The van der Waals surface area contributed by atoms with Gasteiger partial charge in [-0.25, -0.2) is 21.6 Å². The van der Waals surface area contributed by atoms with Crippen molar-refractivity contribution in [3.05, 3.63) is 47.5 Å². The summed E-state index contributed by atoms with van der Waals surface area (Å²) in [5.41, 5.74) is -0.457. The molecule has 2 aromatic heterocycles. The number of aromatic nitrogens is 3. The lowest BCUT2D eigenvalue weighted by molar-refractivity contribution is -0.141. The summed E-state index contributed by atoms with van der Waals surface area (Å²) in [6.07, 6.45) is 0.0722. The maximum Gasteiger partial charge on any atom is 0.436 e. The van der Waals surface area contributed by atoms with Gasteiger partial charge in [0.05, 0.1) is 28.0 Å². The first-order valence-corrected chi connectivity index (χ1v) is 15.1. The van der Waals surface area contributed by atoms with Gasteiger partial charge in [0, 0.05) is 54.7 Å². The number of halogens is 4. The zero-order chi connectivity index (χ0) is 26.6. The Bertz CT molecular complexity index is 1560. The van der Waals surface area contributed by atoms with Crippen LogP contribution in [0.3, 0.4) is 0 Å². The van der Waals surface area contributed by atoms with E-state index in [1.165, 1.54) is 12.3 Å². The molecule has 2 aliphatic heterocycles. The molecule has 0 saturated carbocycles. The minimum atomic E-state index is -4.71. The molecule has 0 bridgehead atoms. The smallest absolute Gasteiger partial charge is 0.371 e. The molecule has 4 heterocycles. The van der Waals surface area contributed by atoms with Gasteiger partial charge < -0.3 is 4.90 Å². The van der Waals surface area contributed by atoms with Crippen molar-refractivity contribution in [3.63, 3.8) is 0 Å². The Morgan fingerprint density at radius 3 is 2.62 bits per heavy atom. The van der Waals surface area contributed by atoms with Gasteiger partial charge in [0.25, 0.3) is 0 Å². The monoisotopic (exact) mass is 577 g/mol. The first kappa shape index (κ1) is 26.2. The Labute approximate surface area is 216 Å². The lowest BCUT2D eigenvalue weighted by Crippen LogP contribution is -2.40. The second-order valence-corrected chi connectivity index (χ2v) is 13.6. The predicted molar refractivity (Wildman–Crippen MR) is 132 cm³/mol. The van der Waals surface area contributed by atoms with Crippen LogP contribution < -0.4 is 9.62 Å². The highest BCUT2D eigenvalue weighted by molar-refractivity contribution is 7.91. The van der Waals surface area contributed by atoms with Crippen molar-refractivity contribution in [2.24, 2.45) is 11.8 Å². The fourth-order valence-electron chi connectivity index (χ4n) is 5.16. The van der Waals surface area contributed by atoms with Crippen LogP contribution in [0.25, 0.3) is 10.8 Å². The van der Waals surface area contributed by atoms with E-state index in [0.717, 1.165) is 23.0 Å². The normalized spacial score (nSPS) is 21.9. The number of hydrogen-bond acceptors (Lipinski definition) is 7. The minimum Gasteiger partial charge on any atom is -0.371 e. The summed E-state index contributed by atoms with van der Waals surface area (Å²) in [6, 6.07) is 4.75. The largest absolute Gasteiger partial charge is 0.436 e. The van der Waals surface area contributed by atoms with Crippen LogP contribution in [0.15, 0.2) is 41.7 Å². The van der Waals surface area contributed by atoms with Gasteiger partial charge in [0.15, 0.2) is 15.5 Å². The highest BCUT2D eigenvalue weighted by Crippen LogP contribution is 2.38. The highest BCUT2D eigenvalue weighted by Gasteiger charge is 2.41. The number of rotatable bonds is 6. The van der Waals surface area contributed by atoms with Gasteiger partial charge in [0.1, 0.15) is 0 Å². The van der Waals surface area contributed by atoms with Gasteiger partial charge >= 0.3 is 6.18 Å². The number of sulfone groups is 1. The third-order valence-electron chi connectivity index (χ3n) is 6.83. The molecule has 0 aliphatic carbocycles. The molecule has 3 aromatic rings. The molecule has 37 heavy (non-hydrogen) atoms. The highest BCUT2D eigenvalue weighted by atomic mass is 35.5. The van der Waals surface area contributed by atoms with Gasteiger partial charge in [-0.15, -0.1) is 0 Å². The quantitative estimate of drug-likeness (QED) is 0.479. The van der Waals surface area contributed by atoms with Crippen LogP contribution in [0, 0.1) is 11.8 Å². The van der Waals surface area contributed by atoms with E-state index < -0.39 is 36.8 Å². The molecule has 0 radical (unpaired) electrons. The van der Waals surface area contributed by atoms with E-state index in [-0.39, 0.29) is 41.3 Å². The summed E-state index contributed by atoms with van der Waals surface area (Å²) in [6.45, 7) is 0.837. The van der Waals surface area contributed by atoms with E-state index in [0.29, 0.717) is 23.9 Å². The van der Waals surface area contributed by atoms with Crippen molar-refractivity contribution < 1.29 is 30.0 Å². The van der Waals surface area contributed by atoms with Gasteiger partial charge in [-0.2, -0.15) is 18.3 Å². The summed E-state index contributed by atoms with van der Waals surface area (Å²) >= 11 is 5.60. The Hall–Kier alpha value is -2.42. The number of piperidine rings is 1. The Morgan fingerprint density at radius 2 is 1.89 bits per heavy atom. The van der Waals surface area contributed by atoms with Crippen molar-refractivity contribution in [2.45, 2.75) is 24.0 Å². The topological polar surface area (TPSA) is 114 Å². The molecule has 5 rings (SSSR count). The van der Waals surface area contributed by atoms with Crippen molar-refractivity contribution in [3.8, 4) is 0 Å². The molecule has 15 heteroatoms. The first-order valence-electron chi connectivity index (χ1n) is 11.5. The first-order chi connectivity index (χ1) is 17.3. The fourth-order valence-corrected chi connectivity index (χ4v) is 8.91. The minimum absolute atomic E-state index is 0.00135. The van der Waals surface area contributed by atoms with Crippen LogP contribution in [0.4, 0.5) is 18.9 Å². The number of sulfonamides is 1. The Kier molecular flexibility index (Phi) is 6.66. The summed E-state index contributed by atoms with van der Waals surface area (Å²) < 4.78 is 92.5. The number of nitrogens with one attached hydrogen (secondary N) is 1. The molecule has 1 aromatic carbocycles. The number of nitrogens with zero attached hydrogens (tertiary/aromatic N) is 4. The Balaban J connectivity index is 1.35. The van der Waals surface area contributed by atoms with E-state index in [1.807, 2.05) is 0 Å². The SMILES string of the molecule is O=S1(=O)CC2CCN(c3ccc(S(=O)(=O)NCCn4cc(Cl)c(C(F)(F)F)n4)c4ccncc34)CC2C1. The van der Waals surface area contributed by atoms with E-state index in [9.17, 15) is 30.0 Å². The van der Waals surface area contributed by atoms with Crippen LogP contribution in [0.2, 0.25) is 5.02 Å². The Morgan fingerprint density at radius 1 is 1.14 bits per heavy atom. The molecule has 2 saturated heterocycles. The van der Waals surface area contributed by atoms with Gasteiger partial charge in [-0.05, 0) is 36.5 Å². The summed E-state index contributed by atoms with van der Waals surface area (Å²) in [5, 5.41) is 3.87. The van der Waals surface area contributed by atoms with E-state index in [4.69, 9.17) is 11.6 Å². The summed E-state index contributed by atoms with van der Waals surface area (Å²) in [5.74, 6) is 0.557. The van der Waals surface area contributed by atoms with Crippen molar-refractivity contribution >= 4 is 47.9 Å². The molecular formula is C22H23ClF3N5O4S2. The van der Waals surface area contributed by atoms with E-state index in [1.54, 1.807) is 18.3 Å². The molecule has 0 amide bonds. The molecule has 2 aliphatic rings. The van der Waals surface area contributed by atoms with Crippen LogP contribution in [-0.4, -0.2) is 62.7 Å². The van der Waals surface area contributed by atoms with Gasteiger partial charge in [0.2, 0.25) is 10.0 Å². The lowest BCUT2D eigenvalue weighted by Gasteiger charge is -2.36. The maximum atomic E-state index is 13.1. The molecule has 2 fully saturated rings.